The maximum absolute atomic E-state index is 8.98. The second-order valence-corrected chi connectivity index (χ2v) is 6.12. The van der Waals surface area contributed by atoms with E-state index in [1.54, 1.807) is 24.7 Å². The maximum Gasteiger partial charge on any atom is 0.173 e. The number of ether oxygens (including phenoxy) is 2. The highest BCUT2D eigenvalue weighted by atomic mass is 16.5. The predicted octanol–water partition coefficient (Wildman–Crippen LogP) is 4.72. The molecule has 5 nitrogen and oxygen atoms in total. The number of aromatic amines is 1. The number of nitriles is 1. The van der Waals surface area contributed by atoms with Crippen LogP contribution in [0.2, 0.25) is 0 Å². The highest BCUT2D eigenvalue weighted by Crippen LogP contribution is 2.35. The second-order valence-electron chi connectivity index (χ2n) is 6.12. The first-order chi connectivity index (χ1) is 12.8. The molecular weight excluding hydrogens is 326 g/mol. The Balaban J connectivity index is 1.67. The van der Waals surface area contributed by atoms with Crippen molar-refractivity contribution < 1.29 is 9.47 Å². The Morgan fingerprint density at radius 1 is 1.15 bits per heavy atom. The molecule has 1 N–H and O–H groups in total. The van der Waals surface area contributed by atoms with E-state index in [9.17, 15) is 0 Å². The Labute approximate surface area is 151 Å². The van der Waals surface area contributed by atoms with Crippen LogP contribution in [-0.2, 0) is 9.47 Å². The molecule has 0 spiro atoms. The molecule has 0 atom stereocenters. The van der Waals surface area contributed by atoms with Crippen molar-refractivity contribution in [2.45, 2.75) is 19.8 Å². The number of benzene rings is 1. The molecule has 0 radical (unpaired) electrons. The van der Waals surface area contributed by atoms with E-state index in [-0.39, 0.29) is 0 Å². The van der Waals surface area contributed by atoms with Crippen molar-refractivity contribution in [1.29, 1.82) is 5.26 Å². The topological polar surface area (TPSA) is 70.9 Å². The third kappa shape index (κ3) is 2.93. The lowest BCUT2D eigenvalue weighted by Gasteiger charge is -2.20. The Kier molecular flexibility index (Phi) is 4.16. The largest absolute Gasteiger partial charge is 0.465 e. The third-order valence-electron chi connectivity index (χ3n) is 4.38. The molecule has 1 aliphatic carbocycles. The van der Waals surface area contributed by atoms with Crippen LogP contribution in [0.15, 0.2) is 66.3 Å². The minimum absolute atomic E-state index is 0.613. The number of allylic oxidation sites excluding steroid dienone is 4. The summed E-state index contributed by atoms with van der Waals surface area (Å²) in [7, 11) is 0. The van der Waals surface area contributed by atoms with Crippen LogP contribution in [0.5, 0.6) is 0 Å². The number of H-pyrrole nitrogens is 1. The average molecular weight is 343 g/mol. The van der Waals surface area contributed by atoms with Gasteiger partial charge in [-0.25, -0.2) is 0 Å². The minimum atomic E-state index is 0.613. The molecule has 2 heterocycles. The van der Waals surface area contributed by atoms with Crippen LogP contribution in [0.3, 0.4) is 0 Å². The van der Waals surface area contributed by atoms with Crippen LogP contribution in [0, 0.1) is 18.3 Å². The van der Waals surface area contributed by atoms with E-state index in [0.29, 0.717) is 11.3 Å². The first-order valence-corrected chi connectivity index (χ1v) is 8.42. The monoisotopic (exact) mass is 343 g/mol. The SMILES string of the molecule is Cc1[nH]nc(-c2ccc(C#N)cc2)c1C1=COC=C(C2=CC=CCC2)O1. The minimum Gasteiger partial charge on any atom is -0.465 e. The van der Waals surface area contributed by atoms with Gasteiger partial charge in [-0.05, 0) is 37.5 Å². The van der Waals surface area contributed by atoms with Gasteiger partial charge >= 0.3 is 0 Å². The summed E-state index contributed by atoms with van der Waals surface area (Å²) in [6, 6.07) is 9.45. The first kappa shape index (κ1) is 16.0. The van der Waals surface area contributed by atoms with Crippen molar-refractivity contribution in [3.63, 3.8) is 0 Å². The van der Waals surface area contributed by atoms with Crippen molar-refractivity contribution in [2.75, 3.05) is 0 Å². The van der Waals surface area contributed by atoms with Gasteiger partial charge in [0.05, 0.1) is 17.2 Å². The molecule has 1 aromatic heterocycles. The molecular formula is C21H17N3O2. The van der Waals surface area contributed by atoms with Crippen molar-refractivity contribution in [1.82, 2.24) is 10.2 Å². The second kappa shape index (κ2) is 6.77. The normalized spacial score (nSPS) is 15.9. The van der Waals surface area contributed by atoms with Crippen molar-refractivity contribution >= 4 is 5.76 Å². The van der Waals surface area contributed by atoms with Crippen LogP contribution in [0.25, 0.3) is 17.0 Å². The van der Waals surface area contributed by atoms with Gasteiger partial charge in [0.1, 0.15) is 18.2 Å². The third-order valence-corrected chi connectivity index (χ3v) is 4.38. The van der Waals surface area contributed by atoms with Crippen molar-refractivity contribution in [3.8, 4) is 17.3 Å². The summed E-state index contributed by atoms with van der Waals surface area (Å²) < 4.78 is 11.7. The van der Waals surface area contributed by atoms with E-state index >= 15 is 0 Å². The molecule has 0 amide bonds. The number of aryl methyl sites for hydroxylation is 1. The van der Waals surface area contributed by atoms with E-state index in [2.05, 4.69) is 22.3 Å². The van der Waals surface area contributed by atoms with Gasteiger partial charge in [0.2, 0.25) is 0 Å². The fraction of sp³-hybridized carbons (Fsp3) is 0.143. The zero-order valence-electron chi connectivity index (χ0n) is 14.3. The van der Waals surface area contributed by atoms with Crippen LogP contribution in [0.4, 0.5) is 0 Å². The average Bonchev–Trinajstić information content (AvgIpc) is 3.10. The molecule has 128 valence electrons. The zero-order valence-corrected chi connectivity index (χ0v) is 14.3. The van der Waals surface area contributed by atoms with Crippen LogP contribution in [-0.4, -0.2) is 10.2 Å². The summed E-state index contributed by atoms with van der Waals surface area (Å²) in [5, 5.41) is 16.4. The molecule has 0 saturated carbocycles. The number of hydrogen-bond donors (Lipinski definition) is 1. The number of hydrogen-bond acceptors (Lipinski definition) is 4. The van der Waals surface area contributed by atoms with Gasteiger partial charge in [-0.15, -0.1) is 0 Å². The van der Waals surface area contributed by atoms with Gasteiger partial charge in [-0.1, -0.05) is 30.4 Å². The molecule has 0 fully saturated rings. The molecule has 0 saturated heterocycles. The van der Waals surface area contributed by atoms with Crippen LogP contribution >= 0.6 is 0 Å². The van der Waals surface area contributed by atoms with Gasteiger partial charge in [-0.2, -0.15) is 10.4 Å². The highest BCUT2D eigenvalue weighted by Gasteiger charge is 2.23. The Morgan fingerprint density at radius 2 is 1.96 bits per heavy atom. The molecule has 1 aliphatic heterocycles. The number of aromatic nitrogens is 2. The van der Waals surface area contributed by atoms with E-state index in [1.807, 2.05) is 31.2 Å². The van der Waals surface area contributed by atoms with Crippen LogP contribution in [0.1, 0.15) is 29.7 Å². The zero-order chi connectivity index (χ0) is 17.9. The van der Waals surface area contributed by atoms with E-state index in [0.717, 1.165) is 46.7 Å². The quantitative estimate of drug-likeness (QED) is 0.875. The Bertz CT molecular complexity index is 999. The van der Waals surface area contributed by atoms with Gasteiger partial charge in [-0.3, -0.25) is 5.10 Å². The first-order valence-electron chi connectivity index (χ1n) is 8.42. The highest BCUT2D eigenvalue weighted by molar-refractivity contribution is 5.78. The lowest BCUT2D eigenvalue weighted by molar-refractivity contribution is 0.285. The molecule has 2 aromatic rings. The lowest BCUT2D eigenvalue weighted by atomic mass is 10.0. The van der Waals surface area contributed by atoms with Gasteiger partial charge < -0.3 is 9.47 Å². The fourth-order valence-electron chi connectivity index (χ4n) is 3.03. The van der Waals surface area contributed by atoms with E-state index in [1.165, 1.54) is 0 Å². The molecule has 26 heavy (non-hydrogen) atoms. The van der Waals surface area contributed by atoms with Gasteiger partial charge in [0.15, 0.2) is 11.5 Å². The summed E-state index contributed by atoms with van der Waals surface area (Å²) in [5.74, 6) is 1.33. The predicted molar refractivity (Wildman–Crippen MR) is 98.2 cm³/mol. The lowest BCUT2D eigenvalue weighted by Crippen LogP contribution is -2.04. The van der Waals surface area contributed by atoms with E-state index in [4.69, 9.17) is 14.7 Å². The number of nitrogens with zero attached hydrogens (tertiary/aromatic N) is 2. The van der Waals surface area contributed by atoms with E-state index < -0.39 is 0 Å². The van der Waals surface area contributed by atoms with Gasteiger partial charge in [0.25, 0.3) is 0 Å². The van der Waals surface area contributed by atoms with Crippen molar-refractivity contribution in [2.24, 2.45) is 0 Å². The smallest absolute Gasteiger partial charge is 0.173 e. The maximum atomic E-state index is 8.98. The van der Waals surface area contributed by atoms with Crippen LogP contribution < -0.4 is 0 Å². The Hall–Kier alpha value is -3.52. The molecule has 2 aliphatic rings. The van der Waals surface area contributed by atoms with Gasteiger partial charge in [0, 0.05) is 11.3 Å². The number of rotatable bonds is 3. The molecule has 0 bridgehead atoms. The molecule has 1 aromatic carbocycles. The molecule has 4 rings (SSSR count). The summed E-state index contributed by atoms with van der Waals surface area (Å²) in [4.78, 5) is 0. The summed E-state index contributed by atoms with van der Waals surface area (Å²) >= 11 is 0. The Morgan fingerprint density at radius 3 is 2.69 bits per heavy atom. The number of nitrogens with one attached hydrogen (secondary N) is 1. The van der Waals surface area contributed by atoms with Crippen molar-refractivity contribution in [3.05, 3.63) is 83.2 Å². The summed E-state index contributed by atoms with van der Waals surface area (Å²) in [6.45, 7) is 1.94. The molecule has 0 unspecified atom stereocenters. The fourth-order valence-corrected chi connectivity index (χ4v) is 3.03. The summed E-state index contributed by atoms with van der Waals surface area (Å²) in [5.41, 5.74) is 5.13. The standard InChI is InChI=1S/C21H17N3O2/c1-14-20(21(24-23-14)17-9-7-15(11-22)8-10-17)19-13-25-12-18(26-19)16-5-3-2-4-6-16/h2-3,5,7-10,12-13H,4,6H2,1H3,(H,23,24). The summed E-state index contributed by atoms with van der Waals surface area (Å²) in [6.07, 6.45) is 11.4. The molecule has 5 heteroatoms.